The van der Waals surface area contributed by atoms with Gasteiger partial charge in [0.1, 0.15) is 0 Å². The van der Waals surface area contributed by atoms with Gasteiger partial charge < -0.3 is 10.2 Å². The first-order chi connectivity index (χ1) is 13.0. The minimum absolute atomic E-state index is 0.0215. The number of carbonyl (C=O) groups is 3. The summed E-state index contributed by atoms with van der Waals surface area (Å²) in [7, 11) is 0. The summed E-state index contributed by atoms with van der Waals surface area (Å²) in [5, 5.41) is 0. The highest BCUT2D eigenvalue weighted by atomic mass is 16.4. The Morgan fingerprint density at radius 3 is 2.33 bits per heavy atom. The third-order valence-electron chi connectivity index (χ3n) is 4.50. The molecular weight excluding hydrogens is 350 g/mol. The normalized spacial score (nSPS) is 13.4. The van der Waals surface area contributed by atoms with Crippen LogP contribution in [0.5, 0.6) is 0 Å². The van der Waals surface area contributed by atoms with Gasteiger partial charge in [0, 0.05) is 24.7 Å². The van der Waals surface area contributed by atoms with Crippen molar-refractivity contribution in [3.8, 4) is 0 Å². The molecule has 3 aromatic rings. The Hall–Kier alpha value is -3.68. The SMILES string of the molecule is Nc1ccc2c(c1)oc(=O)n2C(=O)CCCN1C(=O)c2ccccc2C1=O. The van der Waals surface area contributed by atoms with Crippen LogP contribution < -0.4 is 11.5 Å². The number of fused-ring (bicyclic) bond motifs is 2. The van der Waals surface area contributed by atoms with E-state index in [2.05, 4.69) is 0 Å². The number of carbonyl (C=O) groups excluding carboxylic acids is 3. The number of oxazole rings is 1. The van der Waals surface area contributed by atoms with E-state index < -0.39 is 11.7 Å². The summed E-state index contributed by atoms with van der Waals surface area (Å²) in [6, 6.07) is 11.2. The Balaban J connectivity index is 1.47. The number of hydrogen-bond acceptors (Lipinski definition) is 6. The minimum Gasteiger partial charge on any atom is -0.407 e. The third kappa shape index (κ3) is 2.71. The number of amides is 2. The summed E-state index contributed by atoms with van der Waals surface area (Å²) in [5.74, 6) is -2.00. The van der Waals surface area contributed by atoms with Gasteiger partial charge in [-0.3, -0.25) is 19.3 Å². The van der Waals surface area contributed by atoms with Gasteiger partial charge in [0.05, 0.1) is 16.6 Å². The molecule has 4 rings (SSSR count). The molecule has 0 bridgehead atoms. The number of nitrogens with zero attached hydrogens (tertiary/aromatic N) is 2. The maximum absolute atomic E-state index is 12.5. The molecule has 8 heteroatoms. The summed E-state index contributed by atoms with van der Waals surface area (Å²) in [5.41, 5.74) is 7.36. The van der Waals surface area contributed by atoms with Crippen LogP contribution in [0.1, 0.15) is 38.4 Å². The average Bonchev–Trinajstić information content (AvgIpc) is 3.10. The Labute approximate surface area is 152 Å². The smallest absolute Gasteiger partial charge is 0.407 e. The molecule has 0 fully saturated rings. The predicted molar refractivity (Wildman–Crippen MR) is 96.6 cm³/mol. The molecule has 136 valence electrons. The largest absolute Gasteiger partial charge is 0.426 e. The molecule has 0 saturated heterocycles. The molecule has 1 aliphatic heterocycles. The van der Waals surface area contributed by atoms with Crippen molar-refractivity contribution in [2.75, 3.05) is 12.3 Å². The lowest BCUT2D eigenvalue weighted by atomic mass is 10.1. The van der Waals surface area contributed by atoms with Gasteiger partial charge in [0.2, 0.25) is 5.91 Å². The first-order valence-electron chi connectivity index (χ1n) is 8.37. The van der Waals surface area contributed by atoms with Gasteiger partial charge in [-0.25, -0.2) is 9.36 Å². The lowest BCUT2D eigenvalue weighted by Crippen LogP contribution is -2.31. The van der Waals surface area contributed by atoms with E-state index in [1.807, 2.05) is 0 Å². The van der Waals surface area contributed by atoms with Gasteiger partial charge in [-0.05, 0) is 30.7 Å². The molecule has 0 radical (unpaired) electrons. The van der Waals surface area contributed by atoms with E-state index in [-0.39, 0.29) is 36.8 Å². The molecule has 2 heterocycles. The fraction of sp³-hybridized carbons (Fsp3) is 0.158. The molecule has 0 unspecified atom stereocenters. The fourth-order valence-corrected chi connectivity index (χ4v) is 3.21. The van der Waals surface area contributed by atoms with Crippen LogP contribution in [-0.4, -0.2) is 33.7 Å². The zero-order chi connectivity index (χ0) is 19.1. The number of hydrogen-bond donors (Lipinski definition) is 1. The van der Waals surface area contributed by atoms with E-state index >= 15 is 0 Å². The number of nitrogen functional groups attached to an aromatic ring is 1. The number of anilines is 1. The zero-order valence-electron chi connectivity index (χ0n) is 14.2. The Morgan fingerprint density at radius 2 is 1.67 bits per heavy atom. The Morgan fingerprint density at radius 1 is 1.00 bits per heavy atom. The van der Waals surface area contributed by atoms with Crippen molar-refractivity contribution in [2.24, 2.45) is 0 Å². The second kappa shape index (κ2) is 6.24. The number of imide groups is 1. The van der Waals surface area contributed by atoms with Crippen LogP contribution in [0.3, 0.4) is 0 Å². The topological polar surface area (TPSA) is 116 Å². The van der Waals surface area contributed by atoms with E-state index in [4.69, 9.17) is 10.2 Å². The zero-order valence-corrected chi connectivity index (χ0v) is 14.2. The molecule has 0 saturated carbocycles. The number of rotatable bonds is 4. The van der Waals surface area contributed by atoms with Crippen LogP contribution in [0.2, 0.25) is 0 Å². The van der Waals surface area contributed by atoms with Crippen molar-refractivity contribution in [1.82, 2.24) is 9.47 Å². The van der Waals surface area contributed by atoms with Crippen LogP contribution >= 0.6 is 0 Å². The summed E-state index contributed by atoms with van der Waals surface area (Å²) in [4.78, 5) is 50.2. The van der Waals surface area contributed by atoms with E-state index in [1.54, 1.807) is 30.3 Å². The predicted octanol–water partition coefficient (Wildman–Crippen LogP) is 1.89. The molecule has 2 aromatic carbocycles. The van der Waals surface area contributed by atoms with Crippen LogP contribution in [0.25, 0.3) is 11.1 Å². The van der Waals surface area contributed by atoms with Crippen molar-refractivity contribution >= 4 is 34.5 Å². The Kier molecular flexibility index (Phi) is 3.88. The van der Waals surface area contributed by atoms with Crippen molar-refractivity contribution in [3.63, 3.8) is 0 Å². The molecule has 27 heavy (non-hydrogen) atoms. The first-order valence-corrected chi connectivity index (χ1v) is 8.37. The van der Waals surface area contributed by atoms with Crippen molar-refractivity contribution in [2.45, 2.75) is 12.8 Å². The van der Waals surface area contributed by atoms with Gasteiger partial charge in [-0.2, -0.15) is 0 Å². The summed E-state index contributed by atoms with van der Waals surface area (Å²) in [6.07, 6.45) is 0.213. The molecule has 2 amide bonds. The quantitative estimate of drug-likeness (QED) is 0.558. The number of nitrogens with two attached hydrogens (primary N) is 1. The summed E-state index contributed by atoms with van der Waals surface area (Å²) < 4.78 is 5.99. The van der Waals surface area contributed by atoms with Gasteiger partial charge >= 0.3 is 5.76 Å². The standard InChI is InChI=1S/C19H15N3O5/c20-11-7-8-14-15(10-11)27-19(26)22(14)16(23)6-3-9-21-17(24)12-4-1-2-5-13(12)18(21)25/h1-2,4-5,7-8,10H,3,6,9,20H2. The summed E-state index contributed by atoms with van der Waals surface area (Å²) >= 11 is 0. The lowest BCUT2D eigenvalue weighted by Gasteiger charge is -2.13. The molecule has 0 spiro atoms. The van der Waals surface area contributed by atoms with Crippen LogP contribution in [0, 0.1) is 0 Å². The van der Waals surface area contributed by atoms with Crippen LogP contribution in [0.4, 0.5) is 5.69 Å². The minimum atomic E-state index is -0.790. The molecule has 2 N–H and O–H groups in total. The molecule has 0 aliphatic carbocycles. The van der Waals surface area contributed by atoms with Gasteiger partial charge in [0.25, 0.3) is 11.8 Å². The van der Waals surface area contributed by atoms with Crippen LogP contribution in [0.15, 0.2) is 51.7 Å². The number of benzene rings is 2. The lowest BCUT2D eigenvalue weighted by molar-refractivity contribution is 0.0644. The van der Waals surface area contributed by atoms with E-state index in [9.17, 15) is 19.2 Å². The van der Waals surface area contributed by atoms with E-state index in [1.165, 1.54) is 12.1 Å². The molecule has 8 nitrogen and oxygen atoms in total. The van der Waals surface area contributed by atoms with Crippen molar-refractivity contribution in [3.05, 3.63) is 64.1 Å². The third-order valence-corrected chi connectivity index (χ3v) is 4.50. The van der Waals surface area contributed by atoms with Gasteiger partial charge in [-0.1, -0.05) is 12.1 Å². The van der Waals surface area contributed by atoms with E-state index in [0.29, 0.717) is 22.3 Å². The summed E-state index contributed by atoms with van der Waals surface area (Å²) in [6.45, 7) is 0.0928. The second-order valence-corrected chi connectivity index (χ2v) is 6.24. The van der Waals surface area contributed by atoms with Crippen LogP contribution in [-0.2, 0) is 0 Å². The maximum atomic E-state index is 12.5. The number of aromatic nitrogens is 1. The monoisotopic (exact) mass is 365 g/mol. The second-order valence-electron chi connectivity index (χ2n) is 6.24. The molecule has 1 aliphatic rings. The average molecular weight is 365 g/mol. The molecular formula is C19H15N3O5. The molecule has 1 aromatic heterocycles. The van der Waals surface area contributed by atoms with Gasteiger partial charge in [0.15, 0.2) is 5.58 Å². The van der Waals surface area contributed by atoms with Crippen molar-refractivity contribution < 1.29 is 18.8 Å². The highest BCUT2D eigenvalue weighted by molar-refractivity contribution is 6.21. The fourth-order valence-electron chi connectivity index (χ4n) is 3.21. The van der Waals surface area contributed by atoms with Gasteiger partial charge in [-0.15, -0.1) is 0 Å². The molecule has 0 atom stereocenters. The highest BCUT2D eigenvalue weighted by Crippen LogP contribution is 2.23. The van der Waals surface area contributed by atoms with Crippen molar-refractivity contribution in [1.29, 1.82) is 0 Å². The first kappa shape index (κ1) is 16.8. The Bertz CT molecular complexity index is 1120. The maximum Gasteiger partial charge on any atom is 0.426 e. The van der Waals surface area contributed by atoms with E-state index in [0.717, 1.165) is 9.47 Å². The highest BCUT2D eigenvalue weighted by Gasteiger charge is 2.34.